The predicted octanol–water partition coefficient (Wildman–Crippen LogP) is 5.01. The van der Waals surface area contributed by atoms with Crippen molar-refractivity contribution in [3.8, 4) is 5.75 Å². The molecule has 0 aliphatic carbocycles. The molecule has 0 spiro atoms. The minimum atomic E-state index is -1.08. The number of aliphatic carboxylic acids is 1. The van der Waals surface area contributed by atoms with Crippen LogP contribution in [0.25, 0.3) is 0 Å². The number of likely N-dealkylation sites (tertiary alicyclic amines) is 1. The Balaban J connectivity index is 0.00000481. The molecule has 3 N–H and O–H groups in total. The summed E-state index contributed by atoms with van der Waals surface area (Å²) in [7, 11) is 2.16. The van der Waals surface area contributed by atoms with E-state index in [1.165, 1.54) is 30.5 Å². The second-order valence-electron chi connectivity index (χ2n) is 9.98. The topological polar surface area (TPSA) is 108 Å². The van der Waals surface area contributed by atoms with Crippen LogP contribution in [0.4, 0.5) is 10.5 Å². The zero-order valence-electron chi connectivity index (χ0n) is 22.0. The maximum atomic E-state index is 12.6. The van der Waals surface area contributed by atoms with Crippen LogP contribution in [0.1, 0.15) is 62.4 Å². The molecular formula is C28H39N3O5S. The van der Waals surface area contributed by atoms with Gasteiger partial charge in [0.2, 0.25) is 0 Å². The van der Waals surface area contributed by atoms with Crippen molar-refractivity contribution >= 4 is 37.2 Å². The molecule has 8 nitrogen and oxygen atoms in total. The molecular weight excluding hydrogens is 490 g/mol. The largest absolute Gasteiger partial charge is 0.480 e. The van der Waals surface area contributed by atoms with Gasteiger partial charge in [0.1, 0.15) is 11.8 Å². The summed E-state index contributed by atoms with van der Waals surface area (Å²) in [5, 5.41) is 14.5. The van der Waals surface area contributed by atoms with Gasteiger partial charge in [0.05, 0.1) is 0 Å². The van der Waals surface area contributed by atoms with Gasteiger partial charge in [0.25, 0.3) is 5.91 Å². The molecule has 1 fully saturated rings. The minimum absolute atomic E-state index is 0. The first-order chi connectivity index (χ1) is 17.1. The molecule has 1 saturated heterocycles. The SMILES string of the molecule is CCC1(c2cccc(OC(=O)Nc3ccc(C(=O)N[C@H](C(=O)O)C(C)C)cc3)c2)CCCCN(C)C1.S. The second kappa shape index (κ2) is 13.5. The average molecular weight is 530 g/mol. The van der Waals surface area contributed by atoms with E-state index < -0.39 is 24.0 Å². The van der Waals surface area contributed by atoms with Crippen LogP contribution < -0.4 is 15.4 Å². The van der Waals surface area contributed by atoms with Crippen LogP contribution in [0.15, 0.2) is 48.5 Å². The summed E-state index contributed by atoms with van der Waals surface area (Å²) < 4.78 is 5.57. The summed E-state index contributed by atoms with van der Waals surface area (Å²) in [5.41, 5.74) is 1.97. The van der Waals surface area contributed by atoms with Crippen molar-refractivity contribution in [2.75, 3.05) is 25.5 Å². The van der Waals surface area contributed by atoms with Gasteiger partial charge in [0, 0.05) is 23.2 Å². The lowest BCUT2D eigenvalue weighted by molar-refractivity contribution is -0.140. The Labute approximate surface area is 226 Å². The number of nitrogens with one attached hydrogen (secondary N) is 2. The van der Waals surface area contributed by atoms with Crippen LogP contribution in [0.3, 0.4) is 0 Å². The standard InChI is InChI=1S/C28H37N3O5.H2S/c1-5-28(15-6-7-16-31(4)18-28)21-9-8-10-23(17-21)36-27(35)29-22-13-11-20(12-14-22)25(32)30-24(19(2)3)26(33)34;/h8-14,17,19,24H,5-7,15-16,18H2,1-4H3,(H,29,35)(H,30,32)(H,33,34);1H2/t24-,28?;/m0./s1. The first-order valence-electron chi connectivity index (χ1n) is 12.5. The number of benzene rings is 2. The van der Waals surface area contributed by atoms with E-state index in [4.69, 9.17) is 4.74 Å². The number of likely N-dealkylation sites (N-methyl/N-ethyl adjacent to an activating group) is 1. The molecule has 0 aromatic heterocycles. The lowest BCUT2D eigenvalue weighted by Gasteiger charge is -2.35. The van der Waals surface area contributed by atoms with Crippen molar-refractivity contribution in [3.63, 3.8) is 0 Å². The lowest BCUT2D eigenvalue weighted by atomic mass is 9.74. The lowest BCUT2D eigenvalue weighted by Crippen LogP contribution is -2.44. The highest BCUT2D eigenvalue weighted by Gasteiger charge is 2.33. The molecule has 9 heteroatoms. The van der Waals surface area contributed by atoms with Gasteiger partial charge in [-0.05, 0) is 80.7 Å². The molecule has 0 radical (unpaired) electrons. The average Bonchev–Trinajstić information content (AvgIpc) is 3.04. The van der Waals surface area contributed by atoms with Crippen LogP contribution in [-0.2, 0) is 10.2 Å². The number of carbonyl (C=O) groups excluding carboxylic acids is 2. The fourth-order valence-corrected chi connectivity index (χ4v) is 4.83. The van der Waals surface area contributed by atoms with Crippen molar-refractivity contribution in [3.05, 3.63) is 59.7 Å². The highest BCUT2D eigenvalue weighted by atomic mass is 32.1. The van der Waals surface area contributed by atoms with E-state index in [-0.39, 0.29) is 24.8 Å². The number of amides is 2. The number of carbonyl (C=O) groups is 3. The third-order valence-corrected chi connectivity index (χ3v) is 6.96. The molecule has 0 bridgehead atoms. The molecule has 1 heterocycles. The van der Waals surface area contributed by atoms with Crippen LogP contribution >= 0.6 is 13.5 Å². The van der Waals surface area contributed by atoms with Crippen LogP contribution in [0.5, 0.6) is 5.75 Å². The Morgan fingerprint density at radius 1 is 1.11 bits per heavy atom. The van der Waals surface area contributed by atoms with Crippen molar-refractivity contribution in [1.29, 1.82) is 0 Å². The number of rotatable bonds is 8. The van der Waals surface area contributed by atoms with Gasteiger partial charge < -0.3 is 20.1 Å². The molecule has 2 aromatic rings. The maximum Gasteiger partial charge on any atom is 0.417 e. The van der Waals surface area contributed by atoms with Gasteiger partial charge in [0.15, 0.2) is 0 Å². The van der Waals surface area contributed by atoms with E-state index >= 15 is 0 Å². The van der Waals surface area contributed by atoms with Gasteiger partial charge >= 0.3 is 12.1 Å². The molecule has 202 valence electrons. The third-order valence-electron chi connectivity index (χ3n) is 6.96. The molecule has 1 unspecified atom stereocenters. The summed E-state index contributed by atoms with van der Waals surface area (Å²) >= 11 is 0. The number of ether oxygens (including phenoxy) is 1. The van der Waals surface area contributed by atoms with E-state index in [1.807, 2.05) is 12.1 Å². The van der Waals surface area contributed by atoms with Gasteiger partial charge in [-0.25, -0.2) is 9.59 Å². The molecule has 37 heavy (non-hydrogen) atoms. The molecule has 1 aliphatic rings. The van der Waals surface area contributed by atoms with Gasteiger partial charge in [-0.3, -0.25) is 10.1 Å². The highest BCUT2D eigenvalue weighted by molar-refractivity contribution is 7.59. The van der Waals surface area contributed by atoms with Crippen molar-refractivity contribution in [2.45, 2.75) is 57.9 Å². The van der Waals surface area contributed by atoms with Crippen LogP contribution in [-0.4, -0.2) is 54.2 Å². The van der Waals surface area contributed by atoms with E-state index in [1.54, 1.807) is 32.0 Å². The molecule has 2 amide bonds. The predicted molar refractivity (Wildman–Crippen MR) is 150 cm³/mol. The van der Waals surface area contributed by atoms with Gasteiger partial charge in [-0.1, -0.05) is 39.3 Å². The zero-order valence-corrected chi connectivity index (χ0v) is 23.0. The van der Waals surface area contributed by atoms with Crippen molar-refractivity contribution in [2.24, 2.45) is 5.92 Å². The van der Waals surface area contributed by atoms with Crippen LogP contribution in [0.2, 0.25) is 0 Å². The zero-order chi connectivity index (χ0) is 26.3. The summed E-state index contributed by atoms with van der Waals surface area (Å²) in [4.78, 5) is 38.7. The summed E-state index contributed by atoms with van der Waals surface area (Å²) in [6.45, 7) is 7.74. The van der Waals surface area contributed by atoms with E-state index in [0.29, 0.717) is 17.0 Å². The molecule has 0 saturated carbocycles. The molecule has 2 atom stereocenters. The number of carboxylic acid groups (broad SMARTS) is 1. The molecule has 3 rings (SSSR count). The Morgan fingerprint density at radius 2 is 1.81 bits per heavy atom. The monoisotopic (exact) mass is 529 g/mol. The summed E-state index contributed by atoms with van der Waals surface area (Å²) in [6.07, 6.45) is 3.85. The fourth-order valence-electron chi connectivity index (χ4n) is 4.83. The fraction of sp³-hybridized carbons (Fsp3) is 0.464. The van der Waals surface area contributed by atoms with Gasteiger partial charge in [-0.2, -0.15) is 13.5 Å². The van der Waals surface area contributed by atoms with Gasteiger partial charge in [-0.15, -0.1) is 0 Å². The Morgan fingerprint density at radius 3 is 2.43 bits per heavy atom. The molecule has 2 aromatic carbocycles. The number of hydrogen-bond donors (Lipinski definition) is 3. The van der Waals surface area contributed by atoms with Crippen molar-refractivity contribution < 1.29 is 24.2 Å². The number of carboxylic acids is 1. The second-order valence-corrected chi connectivity index (χ2v) is 9.98. The Hall–Kier alpha value is -3.04. The maximum absolute atomic E-state index is 12.6. The Bertz CT molecular complexity index is 1080. The third kappa shape index (κ3) is 7.97. The molecule has 1 aliphatic heterocycles. The van der Waals surface area contributed by atoms with Crippen molar-refractivity contribution in [1.82, 2.24) is 10.2 Å². The number of hydrogen-bond acceptors (Lipinski definition) is 5. The first kappa shape index (κ1) is 30.2. The minimum Gasteiger partial charge on any atom is -0.480 e. The van der Waals surface area contributed by atoms with Crippen LogP contribution in [0, 0.1) is 5.92 Å². The normalized spacial score (nSPS) is 18.7. The van der Waals surface area contributed by atoms with E-state index in [0.717, 1.165) is 25.9 Å². The highest BCUT2D eigenvalue weighted by Crippen LogP contribution is 2.37. The smallest absolute Gasteiger partial charge is 0.417 e. The quantitative estimate of drug-likeness (QED) is 0.444. The summed E-state index contributed by atoms with van der Waals surface area (Å²) in [5.74, 6) is -1.35. The number of anilines is 1. The number of nitrogens with zero attached hydrogens (tertiary/aromatic N) is 1. The first-order valence-corrected chi connectivity index (χ1v) is 12.5. The van der Waals surface area contributed by atoms with E-state index in [2.05, 4.69) is 35.6 Å². The van der Waals surface area contributed by atoms with E-state index in [9.17, 15) is 19.5 Å². The Kier molecular flexibility index (Phi) is 11.0. The summed E-state index contributed by atoms with van der Waals surface area (Å²) in [6, 6.07) is 13.0.